The molecule has 1 aromatic carbocycles. The van der Waals surface area contributed by atoms with E-state index in [0.29, 0.717) is 43.5 Å². The second kappa shape index (κ2) is 10.6. The Labute approximate surface area is 221 Å². The number of aromatic nitrogens is 3. The van der Waals surface area contributed by atoms with Gasteiger partial charge >= 0.3 is 6.09 Å². The molecule has 1 spiro atoms. The van der Waals surface area contributed by atoms with Crippen LogP contribution >= 0.6 is 0 Å². The Morgan fingerprint density at radius 1 is 1.24 bits per heavy atom. The molecule has 11 nitrogen and oxygen atoms in total. The maximum absolute atomic E-state index is 12.2. The van der Waals surface area contributed by atoms with Gasteiger partial charge in [0.15, 0.2) is 5.82 Å². The van der Waals surface area contributed by atoms with Crippen molar-refractivity contribution in [3.8, 4) is 28.4 Å². The maximum atomic E-state index is 12.2. The predicted octanol–water partition coefficient (Wildman–Crippen LogP) is 2.80. The second-order valence-corrected chi connectivity index (χ2v) is 9.95. The fraction of sp³-hybridized carbons (Fsp3) is 0.481. The molecular formula is C27H34N6O5. The van der Waals surface area contributed by atoms with Gasteiger partial charge in [-0.15, -0.1) is 0 Å². The first-order valence-electron chi connectivity index (χ1n) is 12.8. The lowest BCUT2D eigenvalue weighted by molar-refractivity contribution is 0.108. The average Bonchev–Trinajstić information content (AvgIpc) is 3.60. The van der Waals surface area contributed by atoms with Crippen LogP contribution in [0.5, 0.6) is 5.75 Å². The molecule has 2 N–H and O–H groups in total. The number of aliphatic hydroxyl groups is 1. The molecule has 1 amide bonds. The Hall–Kier alpha value is -3.70. The van der Waals surface area contributed by atoms with E-state index in [1.54, 1.807) is 11.9 Å². The number of benzene rings is 1. The van der Waals surface area contributed by atoms with Crippen molar-refractivity contribution in [3.63, 3.8) is 0 Å². The van der Waals surface area contributed by atoms with Gasteiger partial charge < -0.3 is 34.2 Å². The number of ether oxygens (including phenoxy) is 2. The topological polar surface area (TPSA) is 126 Å². The summed E-state index contributed by atoms with van der Waals surface area (Å²) in [4.78, 5) is 26.2. The fourth-order valence-corrected chi connectivity index (χ4v) is 5.08. The summed E-state index contributed by atoms with van der Waals surface area (Å²) in [5.41, 5.74) is 2.95. The second-order valence-electron chi connectivity index (χ2n) is 9.95. The van der Waals surface area contributed by atoms with E-state index in [-0.39, 0.29) is 18.2 Å². The maximum Gasteiger partial charge on any atom is 0.409 e. The Balaban J connectivity index is 1.51. The smallest absolute Gasteiger partial charge is 0.409 e. The number of likely N-dealkylation sites (N-methyl/N-ethyl adjacent to an activating group) is 1. The molecule has 38 heavy (non-hydrogen) atoms. The highest BCUT2D eigenvalue weighted by Gasteiger charge is 2.53. The van der Waals surface area contributed by atoms with Gasteiger partial charge in [-0.3, -0.25) is 0 Å². The monoisotopic (exact) mass is 522 g/mol. The number of aliphatic hydroxyl groups excluding tert-OH is 1. The number of piperazine rings is 1. The predicted molar refractivity (Wildman–Crippen MR) is 141 cm³/mol. The van der Waals surface area contributed by atoms with Gasteiger partial charge in [-0.25, -0.2) is 14.8 Å². The molecule has 1 aliphatic heterocycles. The Morgan fingerprint density at radius 3 is 2.74 bits per heavy atom. The number of rotatable bonds is 8. The highest BCUT2D eigenvalue weighted by Crippen LogP contribution is 2.47. The van der Waals surface area contributed by atoms with Gasteiger partial charge in [-0.1, -0.05) is 17.3 Å². The molecule has 202 valence electrons. The molecule has 1 saturated carbocycles. The summed E-state index contributed by atoms with van der Waals surface area (Å²) in [6.45, 7) is 6.16. The van der Waals surface area contributed by atoms with Crippen LogP contribution in [0.15, 0.2) is 34.9 Å². The van der Waals surface area contributed by atoms with Crippen LogP contribution in [-0.2, 0) is 4.74 Å². The zero-order valence-electron chi connectivity index (χ0n) is 22.2. The normalized spacial score (nSPS) is 17.0. The molecule has 1 atom stereocenters. The van der Waals surface area contributed by atoms with Crippen LogP contribution in [0.2, 0.25) is 0 Å². The third-order valence-corrected chi connectivity index (χ3v) is 7.16. The summed E-state index contributed by atoms with van der Waals surface area (Å²) in [7, 11) is 3.20. The molecule has 3 aromatic rings. The van der Waals surface area contributed by atoms with Gasteiger partial charge in [-0.05, 0) is 45.9 Å². The number of nitrogens with zero attached hydrogens (tertiary/aromatic N) is 5. The zero-order chi connectivity index (χ0) is 26.9. The summed E-state index contributed by atoms with van der Waals surface area (Å²) < 4.78 is 16.3. The van der Waals surface area contributed by atoms with Crippen LogP contribution in [-0.4, -0.2) is 89.8 Å². The van der Waals surface area contributed by atoms with Crippen LogP contribution in [0.4, 0.5) is 10.6 Å². The molecule has 2 aromatic heterocycles. The van der Waals surface area contributed by atoms with Crippen LogP contribution in [0.3, 0.4) is 0 Å². The molecule has 5 rings (SSSR count). The summed E-state index contributed by atoms with van der Waals surface area (Å²) >= 11 is 0. The van der Waals surface area contributed by atoms with E-state index < -0.39 is 6.10 Å². The molecule has 2 aliphatic rings. The van der Waals surface area contributed by atoms with Crippen molar-refractivity contribution in [1.29, 1.82) is 0 Å². The number of hydrogen-bond donors (Lipinski definition) is 2. The van der Waals surface area contributed by atoms with Crippen molar-refractivity contribution < 1.29 is 23.9 Å². The van der Waals surface area contributed by atoms with Crippen LogP contribution in [0, 0.1) is 13.8 Å². The zero-order valence-corrected chi connectivity index (χ0v) is 22.2. The van der Waals surface area contributed by atoms with Crippen molar-refractivity contribution in [2.45, 2.75) is 38.3 Å². The van der Waals surface area contributed by atoms with Gasteiger partial charge in [-0.2, -0.15) is 0 Å². The van der Waals surface area contributed by atoms with Crippen molar-refractivity contribution in [3.05, 3.63) is 41.8 Å². The lowest BCUT2D eigenvalue weighted by Gasteiger charge is -2.42. The molecule has 0 bridgehead atoms. The standard InChI is InChI=1S/C27H34N6O5/c1-17-24(18(2)38-31-17)22-13-23(33-11-10-32(26(35)36-4)16-27(33)8-9-27)30-25(29-22)19-6-5-7-21(12-19)37-15-20(34)14-28-3/h5-7,12-13,20,28,34H,8-11,14-16H2,1-4H3. The summed E-state index contributed by atoms with van der Waals surface area (Å²) in [6, 6.07) is 9.54. The third-order valence-electron chi connectivity index (χ3n) is 7.16. The van der Waals surface area contributed by atoms with Crippen molar-refractivity contribution in [2.24, 2.45) is 0 Å². The third kappa shape index (κ3) is 5.16. The fourth-order valence-electron chi connectivity index (χ4n) is 5.08. The first-order valence-corrected chi connectivity index (χ1v) is 12.8. The van der Waals surface area contributed by atoms with Crippen LogP contribution in [0.25, 0.3) is 22.6 Å². The number of hydrogen-bond acceptors (Lipinski definition) is 10. The van der Waals surface area contributed by atoms with Crippen molar-refractivity contribution in [1.82, 2.24) is 25.3 Å². The molecule has 3 heterocycles. The summed E-state index contributed by atoms with van der Waals surface area (Å²) in [6.07, 6.45) is 1.03. The molecule has 1 unspecified atom stereocenters. The van der Waals surface area contributed by atoms with E-state index in [1.807, 2.05) is 44.2 Å². The largest absolute Gasteiger partial charge is 0.491 e. The van der Waals surface area contributed by atoms with Gasteiger partial charge in [0.1, 0.15) is 30.0 Å². The Morgan fingerprint density at radius 2 is 2.05 bits per heavy atom. The highest BCUT2D eigenvalue weighted by molar-refractivity contribution is 5.72. The lowest BCUT2D eigenvalue weighted by Crippen LogP contribution is -2.57. The van der Waals surface area contributed by atoms with Crippen LogP contribution in [0.1, 0.15) is 24.3 Å². The van der Waals surface area contributed by atoms with E-state index in [4.69, 9.17) is 24.0 Å². The number of amides is 1. The molecule has 11 heteroatoms. The van der Waals surface area contributed by atoms with E-state index in [2.05, 4.69) is 15.4 Å². The average molecular weight is 523 g/mol. The van der Waals surface area contributed by atoms with Gasteiger partial charge in [0.05, 0.1) is 29.6 Å². The van der Waals surface area contributed by atoms with Crippen molar-refractivity contribution >= 4 is 11.9 Å². The molecule has 0 radical (unpaired) electrons. The number of nitrogens with one attached hydrogen (secondary N) is 1. The number of anilines is 1. The SMILES string of the molecule is CNCC(O)COc1cccc(-c2nc(-c3c(C)noc3C)cc(N3CCN(C(=O)OC)CC34CC4)n2)c1. The minimum Gasteiger partial charge on any atom is -0.491 e. The van der Waals surface area contributed by atoms with Crippen molar-refractivity contribution in [2.75, 3.05) is 51.8 Å². The Bertz CT molecular complexity index is 1290. The first-order chi connectivity index (χ1) is 18.3. The molecule has 2 fully saturated rings. The first kappa shape index (κ1) is 25.9. The van der Waals surface area contributed by atoms with Gasteiger partial charge in [0.25, 0.3) is 0 Å². The minimum absolute atomic E-state index is 0.164. The van der Waals surface area contributed by atoms with E-state index >= 15 is 0 Å². The summed E-state index contributed by atoms with van der Waals surface area (Å²) in [5.74, 6) is 2.65. The number of carbonyl (C=O) groups excluding carboxylic acids is 1. The van der Waals surface area contributed by atoms with E-state index in [0.717, 1.165) is 41.2 Å². The quantitative estimate of drug-likeness (QED) is 0.456. The van der Waals surface area contributed by atoms with Crippen LogP contribution < -0.4 is 15.0 Å². The molecule has 1 aliphatic carbocycles. The van der Waals surface area contributed by atoms with E-state index in [1.165, 1.54) is 7.11 Å². The number of aryl methyl sites for hydroxylation is 2. The number of carbonyl (C=O) groups is 1. The number of methoxy groups -OCH3 is 1. The van der Waals surface area contributed by atoms with E-state index in [9.17, 15) is 9.90 Å². The highest BCUT2D eigenvalue weighted by atomic mass is 16.5. The Kier molecular flexibility index (Phi) is 7.22. The molecule has 1 saturated heterocycles. The summed E-state index contributed by atoms with van der Waals surface area (Å²) in [5, 5.41) is 17.1. The minimum atomic E-state index is -0.618. The van der Waals surface area contributed by atoms with Gasteiger partial charge in [0.2, 0.25) is 0 Å². The molecular weight excluding hydrogens is 488 g/mol. The van der Waals surface area contributed by atoms with Gasteiger partial charge in [0, 0.05) is 37.8 Å². The lowest BCUT2D eigenvalue weighted by atomic mass is 10.1.